The van der Waals surface area contributed by atoms with Crippen LogP contribution in [0.5, 0.6) is 0 Å². The third-order valence-electron chi connectivity index (χ3n) is 2.34. The normalized spacial score (nSPS) is 11.9. The zero-order valence-corrected chi connectivity index (χ0v) is 10.9. The molecule has 0 aromatic carbocycles. The number of hydrogen-bond donors (Lipinski definition) is 3. The number of nitrogens with zero attached hydrogens (tertiary/aromatic N) is 2. The molecule has 100 valence electrons. The standard InChI is InChI=1S/C11H19N5O2/c1-7-6-14-11(12)16-9(7)15-8(2)10(17)13-4-5-18-3/h6,8H,4-5H2,1-3H3,(H,13,17)(H3,12,14,15,16). The fraction of sp³-hybridized carbons (Fsp3) is 0.545. The number of aromatic nitrogens is 2. The van der Waals surface area contributed by atoms with Crippen molar-refractivity contribution in [3.8, 4) is 0 Å². The van der Waals surface area contributed by atoms with Gasteiger partial charge in [-0.15, -0.1) is 0 Å². The van der Waals surface area contributed by atoms with Gasteiger partial charge in [-0.1, -0.05) is 0 Å². The van der Waals surface area contributed by atoms with Crippen LogP contribution in [0.25, 0.3) is 0 Å². The molecule has 1 unspecified atom stereocenters. The van der Waals surface area contributed by atoms with Crippen molar-refractivity contribution in [3.05, 3.63) is 11.8 Å². The van der Waals surface area contributed by atoms with Gasteiger partial charge in [0.15, 0.2) is 0 Å². The van der Waals surface area contributed by atoms with Crippen LogP contribution in [-0.2, 0) is 9.53 Å². The smallest absolute Gasteiger partial charge is 0.242 e. The number of nitrogen functional groups attached to an aromatic ring is 1. The first kappa shape index (κ1) is 14.2. The second kappa shape index (κ2) is 6.75. The van der Waals surface area contributed by atoms with E-state index in [4.69, 9.17) is 10.5 Å². The highest BCUT2D eigenvalue weighted by Crippen LogP contribution is 2.11. The van der Waals surface area contributed by atoms with Gasteiger partial charge in [-0.3, -0.25) is 4.79 Å². The van der Waals surface area contributed by atoms with Crippen molar-refractivity contribution in [2.24, 2.45) is 0 Å². The van der Waals surface area contributed by atoms with E-state index in [0.29, 0.717) is 19.0 Å². The SMILES string of the molecule is COCCNC(=O)C(C)Nc1nc(N)ncc1C. The van der Waals surface area contributed by atoms with Crippen molar-refractivity contribution >= 4 is 17.7 Å². The fourth-order valence-corrected chi connectivity index (χ4v) is 1.30. The third kappa shape index (κ3) is 4.17. The summed E-state index contributed by atoms with van der Waals surface area (Å²) in [6, 6.07) is -0.408. The van der Waals surface area contributed by atoms with Crippen LogP contribution in [0.4, 0.5) is 11.8 Å². The van der Waals surface area contributed by atoms with Crippen molar-refractivity contribution in [1.29, 1.82) is 0 Å². The van der Waals surface area contributed by atoms with Crippen LogP contribution in [0.1, 0.15) is 12.5 Å². The van der Waals surface area contributed by atoms with E-state index in [1.54, 1.807) is 20.2 Å². The highest BCUT2D eigenvalue weighted by atomic mass is 16.5. The lowest BCUT2D eigenvalue weighted by Gasteiger charge is -2.15. The number of nitrogens with two attached hydrogens (primary N) is 1. The van der Waals surface area contributed by atoms with Gasteiger partial charge in [-0.2, -0.15) is 4.98 Å². The predicted molar refractivity (Wildman–Crippen MR) is 69.2 cm³/mol. The molecule has 0 radical (unpaired) electrons. The second-order valence-electron chi connectivity index (χ2n) is 3.91. The molecule has 7 heteroatoms. The zero-order chi connectivity index (χ0) is 13.5. The number of hydrogen-bond acceptors (Lipinski definition) is 6. The van der Waals surface area contributed by atoms with E-state index in [0.717, 1.165) is 5.56 Å². The summed E-state index contributed by atoms with van der Waals surface area (Å²) in [5, 5.41) is 5.73. The molecular formula is C11H19N5O2. The van der Waals surface area contributed by atoms with Gasteiger partial charge in [-0.25, -0.2) is 4.98 Å². The van der Waals surface area contributed by atoms with Gasteiger partial charge in [0.25, 0.3) is 0 Å². The molecule has 18 heavy (non-hydrogen) atoms. The molecule has 7 nitrogen and oxygen atoms in total. The first-order chi connectivity index (χ1) is 8.54. The van der Waals surface area contributed by atoms with Crippen LogP contribution >= 0.6 is 0 Å². The summed E-state index contributed by atoms with van der Waals surface area (Å²) in [6.07, 6.45) is 1.61. The minimum atomic E-state index is -0.408. The maximum atomic E-state index is 11.7. The number of anilines is 2. The number of rotatable bonds is 6. The van der Waals surface area contributed by atoms with Crippen LogP contribution in [0.2, 0.25) is 0 Å². The topological polar surface area (TPSA) is 102 Å². The van der Waals surface area contributed by atoms with Gasteiger partial charge in [0.2, 0.25) is 11.9 Å². The van der Waals surface area contributed by atoms with Gasteiger partial charge in [0.1, 0.15) is 11.9 Å². The lowest BCUT2D eigenvalue weighted by Crippen LogP contribution is -2.39. The molecule has 0 aliphatic heterocycles. The second-order valence-corrected chi connectivity index (χ2v) is 3.91. The Labute approximate surface area is 106 Å². The molecule has 0 spiro atoms. The van der Waals surface area contributed by atoms with Crippen LogP contribution < -0.4 is 16.4 Å². The van der Waals surface area contributed by atoms with Gasteiger partial charge >= 0.3 is 0 Å². The Kier molecular flexibility index (Phi) is 5.31. The molecule has 4 N–H and O–H groups in total. The van der Waals surface area contributed by atoms with E-state index in [9.17, 15) is 4.79 Å². The number of carbonyl (C=O) groups excluding carboxylic acids is 1. The number of aryl methyl sites for hydroxylation is 1. The number of nitrogens with one attached hydrogen (secondary N) is 2. The lowest BCUT2D eigenvalue weighted by molar-refractivity contribution is -0.121. The highest BCUT2D eigenvalue weighted by molar-refractivity contribution is 5.84. The molecule has 1 aromatic rings. The predicted octanol–water partition coefficient (Wildman–Crippen LogP) is -0.0698. The summed E-state index contributed by atoms with van der Waals surface area (Å²) in [6.45, 7) is 4.56. The Morgan fingerprint density at radius 2 is 2.33 bits per heavy atom. The zero-order valence-electron chi connectivity index (χ0n) is 10.9. The van der Waals surface area contributed by atoms with Crippen LogP contribution in [-0.4, -0.2) is 42.2 Å². The molecule has 0 aliphatic rings. The van der Waals surface area contributed by atoms with Gasteiger partial charge in [-0.05, 0) is 13.8 Å². The summed E-state index contributed by atoms with van der Waals surface area (Å²) in [7, 11) is 1.58. The Morgan fingerprint density at radius 1 is 1.61 bits per heavy atom. The Morgan fingerprint density at radius 3 is 3.00 bits per heavy atom. The molecular weight excluding hydrogens is 234 g/mol. The first-order valence-electron chi connectivity index (χ1n) is 5.67. The van der Waals surface area contributed by atoms with E-state index in [-0.39, 0.29) is 11.9 Å². The number of ether oxygens (including phenoxy) is 1. The van der Waals surface area contributed by atoms with E-state index < -0.39 is 6.04 Å². The monoisotopic (exact) mass is 253 g/mol. The molecule has 1 aromatic heterocycles. The first-order valence-corrected chi connectivity index (χ1v) is 5.67. The average molecular weight is 253 g/mol. The maximum absolute atomic E-state index is 11.7. The van der Waals surface area contributed by atoms with Crippen LogP contribution in [0.3, 0.4) is 0 Å². The van der Waals surface area contributed by atoms with Crippen molar-refractivity contribution in [2.75, 3.05) is 31.3 Å². The Bertz CT molecular complexity index is 410. The minimum Gasteiger partial charge on any atom is -0.383 e. The molecule has 0 saturated carbocycles. The van der Waals surface area contributed by atoms with Crippen LogP contribution in [0.15, 0.2) is 6.20 Å². The number of carbonyl (C=O) groups is 1. The summed E-state index contributed by atoms with van der Waals surface area (Å²) in [5.74, 6) is 0.621. The van der Waals surface area contributed by atoms with Crippen molar-refractivity contribution in [1.82, 2.24) is 15.3 Å². The van der Waals surface area contributed by atoms with Gasteiger partial charge in [0.05, 0.1) is 6.61 Å². The quantitative estimate of drug-likeness (QED) is 0.613. The summed E-state index contributed by atoms with van der Waals surface area (Å²) >= 11 is 0. The maximum Gasteiger partial charge on any atom is 0.242 e. The third-order valence-corrected chi connectivity index (χ3v) is 2.34. The van der Waals surface area contributed by atoms with Crippen molar-refractivity contribution in [3.63, 3.8) is 0 Å². The lowest BCUT2D eigenvalue weighted by atomic mass is 10.2. The van der Waals surface area contributed by atoms with E-state index >= 15 is 0 Å². The highest BCUT2D eigenvalue weighted by Gasteiger charge is 2.13. The number of methoxy groups -OCH3 is 1. The molecule has 0 fully saturated rings. The van der Waals surface area contributed by atoms with Gasteiger partial charge < -0.3 is 21.1 Å². The molecule has 0 saturated heterocycles. The summed E-state index contributed by atoms with van der Waals surface area (Å²) in [5.41, 5.74) is 6.33. The average Bonchev–Trinajstić information content (AvgIpc) is 2.34. The summed E-state index contributed by atoms with van der Waals surface area (Å²) in [4.78, 5) is 19.6. The van der Waals surface area contributed by atoms with E-state index in [1.807, 2.05) is 6.92 Å². The fourth-order valence-electron chi connectivity index (χ4n) is 1.30. The molecule has 1 rings (SSSR count). The number of amides is 1. The minimum absolute atomic E-state index is 0.122. The molecule has 0 bridgehead atoms. The molecule has 0 aliphatic carbocycles. The van der Waals surface area contributed by atoms with Gasteiger partial charge in [0, 0.05) is 25.4 Å². The Hall–Kier alpha value is -1.89. The molecule has 1 amide bonds. The molecule has 1 heterocycles. The summed E-state index contributed by atoms with van der Waals surface area (Å²) < 4.78 is 4.85. The largest absolute Gasteiger partial charge is 0.383 e. The van der Waals surface area contributed by atoms with E-state index in [1.165, 1.54) is 0 Å². The molecule has 1 atom stereocenters. The Balaban J connectivity index is 2.55. The van der Waals surface area contributed by atoms with E-state index in [2.05, 4.69) is 20.6 Å². The van der Waals surface area contributed by atoms with Crippen LogP contribution in [0, 0.1) is 6.92 Å². The van der Waals surface area contributed by atoms with Crippen molar-refractivity contribution in [2.45, 2.75) is 19.9 Å². The van der Waals surface area contributed by atoms with Crippen molar-refractivity contribution < 1.29 is 9.53 Å².